The largest absolute Gasteiger partial charge is 0.407 e. The van der Waals surface area contributed by atoms with Gasteiger partial charge in [-0.05, 0) is 33.9 Å². The summed E-state index contributed by atoms with van der Waals surface area (Å²) in [6, 6.07) is 2.48. The van der Waals surface area contributed by atoms with Gasteiger partial charge >= 0.3 is 6.01 Å². The molecule has 0 radical (unpaired) electrons. The monoisotopic (exact) mass is 316 g/mol. The zero-order valence-corrected chi connectivity index (χ0v) is 11.8. The average molecular weight is 317 g/mol. The number of thiophene rings is 1. The molecule has 2 rings (SSSR count). The molecule has 2 aromatic rings. The van der Waals surface area contributed by atoms with Crippen LogP contribution in [0.3, 0.4) is 0 Å². The summed E-state index contributed by atoms with van der Waals surface area (Å²) in [7, 11) is 0. The Morgan fingerprint density at radius 3 is 3.00 bits per heavy atom. The fourth-order valence-electron chi connectivity index (χ4n) is 1.24. The van der Waals surface area contributed by atoms with Crippen LogP contribution in [0.4, 0.5) is 6.01 Å². The lowest BCUT2D eigenvalue weighted by Gasteiger charge is -1.99. The number of nitrogens with one attached hydrogen (secondary N) is 2. The van der Waals surface area contributed by atoms with Crippen molar-refractivity contribution in [1.29, 1.82) is 0 Å². The summed E-state index contributed by atoms with van der Waals surface area (Å²) in [4.78, 5) is 1.21. The molecule has 0 saturated carbocycles. The molecule has 0 aromatic carbocycles. The lowest BCUT2D eigenvalue weighted by atomic mass is 10.5. The Morgan fingerprint density at radius 1 is 1.41 bits per heavy atom. The van der Waals surface area contributed by atoms with E-state index in [-0.39, 0.29) is 0 Å². The maximum Gasteiger partial charge on any atom is 0.315 e. The molecule has 92 valence electrons. The van der Waals surface area contributed by atoms with E-state index in [0.717, 1.165) is 11.0 Å². The Morgan fingerprint density at radius 2 is 2.29 bits per heavy atom. The minimum absolute atomic E-state index is 0.457. The maximum atomic E-state index is 5.42. The fourth-order valence-corrected chi connectivity index (χ4v) is 2.67. The summed E-state index contributed by atoms with van der Waals surface area (Å²) < 4.78 is 6.52. The van der Waals surface area contributed by atoms with Crippen molar-refractivity contribution in [2.75, 3.05) is 11.9 Å². The summed E-state index contributed by atoms with van der Waals surface area (Å²) in [6.07, 6.45) is 0. The molecule has 0 bridgehead atoms. The molecule has 0 aliphatic heterocycles. The number of hydrogen-bond donors (Lipinski definition) is 2. The second-order valence-electron chi connectivity index (χ2n) is 3.33. The third-order valence-corrected chi connectivity index (χ3v) is 4.01. The molecule has 0 aliphatic rings. The SMILES string of the molecule is CCNCc1nnc(NCc2sccc2Br)o1. The molecular weight excluding hydrogens is 304 g/mol. The molecule has 0 fully saturated rings. The molecule has 2 N–H and O–H groups in total. The minimum Gasteiger partial charge on any atom is -0.407 e. The maximum absolute atomic E-state index is 5.42. The van der Waals surface area contributed by atoms with Gasteiger partial charge in [0.1, 0.15) is 0 Å². The van der Waals surface area contributed by atoms with Crippen LogP contribution in [-0.4, -0.2) is 16.7 Å². The van der Waals surface area contributed by atoms with Crippen molar-refractivity contribution < 1.29 is 4.42 Å². The zero-order chi connectivity index (χ0) is 12.1. The van der Waals surface area contributed by atoms with E-state index in [1.165, 1.54) is 4.88 Å². The van der Waals surface area contributed by atoms with Crippen molar-refractivity contribution in [3.63, 3.8) is 0 Å². The van der Waals surface area contributed by atoms with E-state index in [1.54, 1.807) is 11.3 Å². The Hall–Kier alpha value is -0.920. The minimum atomic E-state index is 0.457. The van der Waals surface area contributed by atoms with Crippen molar-refractivity contribution in [1.82, 2.24) is 15.5 Å². The Kier molecular flexibility index (Phi) is 4.52. The van der Waals surface area contributed by atoms with Crippen LogP contribution in [0.5, 0.6) is 0 Å². The highest BCUT2D eigenvalue weighted by atomic mass is 79.9. The highest BCUT2D eigenvalue weighted by Gasteiger charge is 2.06. The number of aromatic nitrogens is 2. The lowest BCUT2D eigenvalue weighted by molar-refractivity contribution is 0.481. The van der Waals surface area contributed by atoms with Gasteiger partial charge in [0.2, 0.25) is 5.89 Å². The second-order valence-corrected chi connectivity index (χ2v) is 5.18. The number of nitrogens with zero attached hydrogens (tertiary/aromatic N) is 2. The molecule has 2 aromatic heterocycles. The van der Waals surface area contributed by atoms with E-state index in [2.05, 4.69) is 36.8 Å². The smallest absolute Gasteiger partial charge is 0.315 e. The van der Waals surface area contributed by atoms with Crippen molar-refractivity contribution in [3.8, 4) is 0 Å². The summed E-state index contributed by atoms with van der Waals surface area (Å²) in [5.41, 5.74) is 0. The van der Waals surface area contributed by atoms with E-state index >= 15 is 0 Å². The van der Waals surface area contributed by atoms with Crippen LogP contribution in [0.25, 0.3) is 0 Å². The van der Waals surface area contributed by atoms with Gasteiger partial charge in [-0.3, -0.25) is 0 Å². The highest BCUT2D eigenvalue weighted by molar-refractivity contribution is 9.10. The average Bonchev–Trinajstić information content (AvgIpc) is 2.93. The van der Waals surface area contributed by atoms with Crippen LogP contribution in [-0.2, 0) is 13.1 Å². The number of anilines is 1. The van der Waals surface area contributed by atoms with Gasteiger partial charge < -0.3 is 15.1 Å². The van der Waals surface area contributed by atoms with Gasteiger partial charge in [-0.15, -0.1) is 16.4 Å². The quantitative estimate of drug-likeness (QED) is 0.857. The standard InChI is InChI=1S/C10H13BrN4OS/c1-2-12-6-9-14-15-10(16-9)13-5-8-7(11)3-4-17-8/h3-4,12H,2,5-6H2,1H3,(H,13,15). The van der Waals surface area contributed by atoms with Crippen LogP contribution in [0.15, 0.2) is 20.3 Å². The van der Waals surface area contributed by atoms with Crippen molar-refractivity contribution in [2.45, 2.75) is 20.0 Å². The molecule has 0 aliphatic carbocycles. The summed E-state index contributed by atoms with van der Waals surface area (Å²) in [5.74, 6) is 0.597. The third kappa shape index (κ3) is 3.52. The van der Waals surface area contributed by atoms with Crippen LogP contribution < -0.4 is 10.6 Å². The van der Waals surface area contributed by atoms with Crippen molar-refractivity contribution in [2.24, 2.45) is 0 Å². The van der Waals surface area contributed by atoms with Gasteiger partial charge in [-0.1, -0.05) is 12.0 Å². The van der Waals surface area contributed by atoms with Gasteiger partial charge in [0.25, 0.3) is 0 Å². The lowest BCUT2D eigenvalue weighted by Crippen LogP contribution is -2.11. The first-order valence-corrected chi connectivity index (χ1v) is 6.95. The van der Waals surface area contributed by atoms with E-state index in [9.17, 15) is 0 Å². The predicted octanol–water partition coefficient (Wildman–Crippen LogP) is 2.62. The van der Waals surface area contributed by atoms with Gasteiger partial charge in [-0.25, -0.2) is 0 Å². The molecule has 0 amide bonds. The molecule has 0 atom stereocenters. The van der Waals surface area contributed by atoms with Crippen LogP contribution >= 0.6 is 27.3 Å². The van der Waals surface area contributed by atoms with Gasteiger partial charge in [0.15, 0.2) is 0 Å². The normalized spacial score (nSPS) is 10.7. The summed E-state index contributed by atoms with van der Waals surface area (Å²) >= 11 is 5.15. The van der Waals surface area contributed by atoms with E-state index in [4.69, 9.17) is 4.42 Å². The first-order valence-electron chi connectivity index (χ1n) is 5.28. The number of rotatable bonds is 6. The fraction of sp³-hybridized carbons (Fsp3) is 0.400. The summed E-state index contributed by atoms with van der Waals surface area (Å²) in [5, 5.41) is 16.1. The van der Waals surface area contributed by atoms with E-state index in [0.29, 0.717) is 25.0 Å². The second kappa shape index (κ2) is 6.13. The topological polar surface area (TPSA) is 63.0 Å². The van der Waals surface area contributed by atoms with Crippen LogP contribution in [0, 0.1) is 0 Å². The zero-order valence-electron chi connectivity index (χ0n) is 9.36. The molecule has 0 spiro atoms. The number of hydrogen-bond acceptors (Lipinski definition) is 6. The molecule has 5 nitrogen and oxygen atoms in total. The highest BCUT2D eigenvalue weighted by Crippen LogP contribution is 2.23. The van der Waals surface area contributed by atoms with Gasteiger partial charge in [0.05, 0.1) is 13.1 Å². The molecule has 0 unspecified atom stereocenters. The van der Waals surface area contributed by atoms with Gasteiger partial charge in [0, 0.05) is 9.35 Å². The van der Waals surface area contributed by atoms with Crippen LogP contribution in [0.1, 0.15) is 17.7 Å². The molecular formula is C10H13BrN4OS. The Balaban J connectivity index is 1.87. The first kappa shape index (κ1) is 12.5. The first-order chi connectivity index (χ1) is 8.29. The third-order valence-electron chi connectivity index (χ3n) is 2.08. The van der Waals surface area contributed by atoms with Crippen LogP contribution in [0.2, 0.25) is 0 Å². The number of halogens is 1. The molecule has 0 saturated heterocycles. The molecule has 2 heterocycles. The molecule has 7 heteroatoms. The van der Waals surface area contributed by atoms with E-state index < -0.39 is 0 Å². The predicted molar refractivity (Wildman–Crippen MR) is 71.0 cm³/mol. The molecule has 17 heavy (non-hydrogen) atoms. The van der Waals surface area contributed by atoms with Crippen molar-refractivity contribution >= 4 is 33.3 Å². The Bertz CT molecular complexity index is 470. The van der Waals surface area contributed by atoms with Crippen molar-refractivity contribution in [3.05, 3.63) is 26.7 Å². The summed E-state index contributed by atoms with van der Waals surface area (Å²) in [6.45, 7) is 4.20. The van der Waals surface area contributed by atoms with E-state index in [1.807, 2.05) is 18.4 Å². The van der Waals surface area contributed by atoms with Gasteiger partial charge in [-0.2, -0.15) is 0 Å². The Labute approximate surface area is 112 Å².